The molecule has 2 aromatic rings. The van der Waals surface area contributed by atoms with Crippen molar-refractivity contribution in [2.45, 2.75) is 19.6 Å². The van der Waals surface area contributed by atoms with Gasteiger partial charge in [0.15, 0.2) is 6.10 Å². The van der Waals surface area contributed by atoms with Crippen molar-refractivity contribution < 1.29 is 14.3 Å². The van der Waals surface area contributed by atoms with Crippen molar-refractivity contribution >= 4 is 29.1 Å². The molecule has 2 N–H and O–H groups in total. The first-order valence-corrected chi connectivity index (χ1v) is 7.20. The van der Waals surface area contributed by atoms with E-state index in [0.717, 1.165) is 0 Å². The largest absolute Gasteiger partial charge is 0.487 e. The molecular weight excluding hydrogens is 327 g/mol. The number of ether oxygens (including phenoxy) is 2. The van der Waals surface area contributed by atoms with Crippen LogP contribution < -0.4 is 15.2 Å². The van der Waals surface area contributed by atoms with Crippen molar-refractivity contribution in [3.63, 3.8) is 0 Å². The van der Waals surface area contributed by atoms with Crippen LogP contribution in [0.15, 0.2) is 36.5 Å². The second-order valence-electron chi connectivity index (χ2n) is 4.51. The number of carbonyl (C=O) groups is 1. The first kappa shape index (κ1) is 16.4. The first-order chi connectivity index (χ1) is 10.5. The molecule has 2 rings (SSSR count). The summed E-state index contributed by atoms with van der Waals surface area (Å²) in [6, 6.07) is 8.47. The fourth-order valence-corrected chi connectivity index (χ4v) is 2.03. The molecule has 5 nitrogen and oxygen atoms in total. The highest BCUT2D eigenvalue weighted by Crippen LogP contribution is 2.23. The Morgan fingerprint density at radius 1 is 1.32 bits per heavy atom. The summed E-state index contributed by atoms with van der Waals surface area (Å²) in [5.41, 5.74) is 5.73. The third kappa shape index (κ3) is 4.51. The molecule has 1 aromatic carbocycles. The number of carbonyl (C=O) groups excluding carboxylic acids is 1. The minimum atomic E-state index is -0.720. The van der Waals surface area contributed by atoms with Crippen LogP contribution in [0.4, 0.5) is 0 Å². The van der Waals surface area contributed by atoms with E-state index in [1.807, 2.05) is 0 Å². The van der Waals surface area contributed by atoms with Crippen molar-refractivity contribution in [1.29, 1.82) is 0 Å². The maximum atomic E-state index is 11.0. The topological polar surface area (TPSA) is 74.4 Å². The average Bonchev–Trinajstić information content (AvgIpc) is 2.46. The third-order valence-corrected chi connectivity index (χ3v) is 3.31. The van der Waals surface area contributed by atoms with Crippen LogP contribution in [0.25, 0.3) is 0 Å². The van der Waals surface area contributed by atoms with E-state index < -0.39 is 12.0 Å². The van der Waals surface area contributed by atoms with Gasteiger partial charge in [-0.25, -0.2) is 0 Å². The van der Waals surface area contributed by atoms with Gasteiger partial charge in [0.05, 0.1) is 15.7 Å². The normalized spacial score (nSPS) is 11.8. The Bertz CT molecular complexity index is 680. The van der Waals surface area contributed by atoms with Crippen molar-refractivity contribution in [2.24, 2.45) is 5.73 Å². The Labute approximate surface area is 138 Å². The number of halogens is 2. The molecular formula is C15H14Cl2N2O3. The molecule has 0 aliphatic carbocycles. The summed E-state index contributed by atoms with van der Waals surface area (Å²) in [4.78, 5) is 15.1. The van der Waals surface area contributed by atoms with E-state index in [9.17, 15) is 4.79 Å². The summed E-state index contributed by atoms with van der Waals surface area (Å²) < 4.78 is 11.0. The standard InChI is InChI=1S/C15H14Cl2N2O3/c1-9(15(18)20)22-12-4-2-3-11(6-12)21-8-14-13(17)5-10(16)7-19-14/h2-7,9H,8H2,1H3,(H2,18,20)/t9-/m0/s1. The third-order valence-electron chi connectivity index (χ3n) is 2.78. The molecule has 0 bridgehead atoms. The predicted octanol–water partition coefficient (Wildman–Crippen LogP) is 3.22. The van der Waals surface area contributed by atoms with Crippen LogP contribution >= 0.6 is 23.2 Å². The van der Waals surface area contributed by atoms with Gasteiger partial charge in [0.25, 0.3) is 5.91 Å². The summed E-state index contributed by atoms with van der Waals surface area (Å²) in [5.74, 6) is 0.504. The summed E-state index contributed by atoms with van der Waals surface area (Å²) >= 11 is 11.8. The molecule has 0 spiro atoms. The lowest BCUT2D eigenvalue weighted by Crippen LogP contribution is -2.30. The maximum Gasteiger partial charge on any atom is 0.258 e. The highest BCUT2D eigenvalue weighted by Gasteiger charge is 2.11. The Morgan fingerprint density at radius 3 is 2.73 bits per heavy atom. The SMILES string of the molecule is C[C@H](Oc1cccc(OCc2ncc(Cl)cc2Cl)c1)C(N)=O. The number of nitrogens with two attached hydrogens (primary N) is 1. The van der Waals surface area contributed by atoms with Crippen molar-refractivity contribution in [1.82, 2.24) is 4.98 Å². The van der Waals surface area contributed by atoms with Gasteiger partial charge >= 0.3 is 0 Å². The van der Waals surface area contributed by atoms with E-state index in [4.69, 9.17) is 38.4 Å². The highest BCUT2D eigenvalue weighted by molar-refractivity contribution is 6.34. The van der Waals surface area contributed by atoms with Crippen LogP contribution in [-0.2, 0) is 11.4 Å². The quantitative estimate of drug-likeness (QED) is 0.875. The molecule has 0 aliphatic rings. The number of hydrogen-bond donors (Lipinski definition) is 1. The monoisotopic (exact) mass is 340 g/mol. The zero-order valence-corrected chi connectivity index (χ0v) is 13.3. The van der Waals surface area contributed by atoms with Crippen LogP contribution in [0.1, 0.15) is 12.6 Å². The number of hydrogen-bond acceptors (Lipinski definition) is 4. The van der Waals surface area contributed by atoms with Crippen LogP contribution in [0, 0.1) is 0 Å². The number of aromatic nitrogens is 1. The molecule has 0 unspecified atom stereocenters. The van der Waals surface area contributed by atoms with E-state index in [-0.39, 0.29) is 6.61 Å². The van der Waals surface area contributed by atoms with E-state index in [2.05, 4.69) is 4.98 Å². The Kier molecular flexibility index (Phi) is 5.46. The molecule has 1 aromatic heterocycles. The molecule has 1 atom stereocenters. The molecule has 22 heavy (non-hydrogen) atoms. The summed E-state index contributed by atoms with van der Waals surface area (Å²) in [5, 5.41) is 0.895. The van der Waals surface area contributed by atoms with Gasteiger partial charge in [-0.1, -0.05) is 29.3 Å². The molecule has 0 radical (unpaired) electrons. The number of primary amides is 1. The summed E-state index contributed by atoms with van der Waals surface area (Å²) in [6.45, 7) is 1.76. The van der Waals surface area contributed by atoms with Gasteiger partial charge < -0.3 is 15.2 Å². The predicted molar refractivity (Wildman–Crippen MR) is 84.3 cm³/mol. The number of nitrogens with zero attached hydrogens (tertiary/aromatic N) is 1. The fourth-order valence-electron chi connectivity index (χ4n) is 1.60. The van der Waals surface area contributed by atoms with E-state index in [1.54, 1.807) is 37.3 Å². The molecule has 0 aliphatic heterocycles. The Morgan fingerprint density at radius 2 is 2.05 bits per heavy atom. The summed E-state index contributed by atoms with van der Waals surface area (Å²) in [6.07, 6.45) is 0.780. The minimum absolute atomic E-state index is 0.185. The zero-order chi connectivity index (χ0) is 16.1. The number of rotatable bonds is 6. The van der Waals surface area contributed by atoms with E-state index in [1.165, 1.54) is 6.20 Å². The summed E-state index contributed by atoms with van der Waals surface area (Å²) in [7, 11) is 0. The molecule has 1 heterocycles. The van der Waals surface area contributed by atoms with E-state index in [0.29, 0.717) is 27.2 Å². The fraction of sp³-hybridized carbons (Fsp3) is 0.200. The first-order valence-electron chi connectivity index (χ1n) is 6.44. The second kappa shape index (κ2) is 7.33. The van der Waals surface area contributed by atoms with Gasteiger partial charge in [0.2, 0.25) is 0 Å². The lowest BCUT2D eigenvalue weighted by molar-refractivity contribution is -0.123. The van der Waals surface area contributed by atoms with Gasteiger partial charge in [-0.2, -0.15) is 0 Å². The zero-order valence-electron chi connectivity index (χ0n) is 11.8. The smallest absolute Gasteiger partial charge is 0.258 e. The average molecular weight is 341 g/mol. The second-order valence-corrected chi connectivity index (χ2v) is 5.35. The van der Waals surface area contributed by atoms with Crippen molar-refractivity contribution in [3.8, 4) is 11.5 Å². The van der Waals surface area contributed by atoms with Crippen molar-refractivity contribution in [3.05, 3.63) is 52.3 Å². The maximum absolute atomic E-state index is 11.0. The van der Waals surface area contributed by atoms with Gasteiger partial charge in [-0.15, -0.1) is 0 Å². The van der Waals surface area contributed by atoms with Gasteiger partial charge in [-0.05, 0) is 25.1 Å². The van der Waals surface area contributed by atoms with Gasteiger partial charge in [0.1, 0.15) is 18.1 Å². The molecule has 116 valence electrons. The van der Waals surface area contributed by atoms with Gasteiger partial charge in [-0.3, -0.25) is 9.78 Å². The molecule has 0 saturated carbocycles. The minimum Gasteiger partial charge on any atom is -0.487 e. The van der Waals surface area contributed by atoms with Gasteiger partial charge in [0, 0.05) is 12.3 Å². The Hall–Kier alpha value is -1.98. The van der Waals surface area contributed by atoms with Crippen LogP contribution in [0.3, 0.4) is 0 Å². The molecule has 0 saturated heterocycles. The lowest BCUT2D eigenvalue weighted by atomic mass is 10.3. The number of pyridine rings is 1. The number of amides is 1. The molecule has 1 amide bonds. The lowest BCUT2D eigenvalue weighted by Gasteiger charge is -2.13. The number of benzene rings is 1. The Balaban J connectivity index is 2.02. The van der Waals surface area contributed by atoms with E-state index >= 15 is 0 Å². The molecule has 7 heteroatoms. The van der Waals surface area contributed by atoms with Crippen LogP contribution in [0.5, 0.6) is 11.5 Å². The highest BCUT2D eigenvalue weighted by atomic mass is 35.5. The van der Waals surface area contributed by atoms with Crippen LogP contribution in [0.2, 0.25) is 10.0 Å². The van der Waals surface area contributed by atoms with Crippen LogP contribution in [-0.4, -0.2) is 17.0 Å². The molecule has 0 fully saturated rings. The van der Waals surface area contributed by atoms with Crippen molar-refractivity contribution in [2.75, 3.05) is 0 Å².